The summed E-state index contributed by atoms with van der Waals surface area (Å²) >= 11 is 0. The molecule has 0 aliphatic rings. The van der Waals surface area contributed by atoms with Gasteiger partial charge in [-0.05, 0) is 55.8 Å². The molecule has 1 aromatic heterocycles. The number of unbranched alkanes of at least 4 members (excludes halogenated alkanes) is 1. The SMILES string of the molecule is CCCCOC(=O)c1ccc(NC(=O)/C=C/c2ccc(C)o2)cc1. The maximum atomic E-state index is 11.9. The minimum Gasteiger partial charge on any atom is -0.462 e. The molecule has 126 valence electrons. The van der Waals surface area contributed by atoms with Crippen LogP contribution in [0.25, 0.3) is 6.08 Å². The van der Waals surface area contributed by atoms with Gasteiger partial charge < -0.3 is 14.5 Å². The number of rotatable bonds is 7. The highest BCUT2D eigenvalue weighted by Gasteiger charge is 2.07. The first-order chi connectivity index (χ1) is 11.6. The van der Waals surface area contributed by atoms with Gasteiger partial charge in [0.05, 0.1) is 12.2 Å². The molecule has 5 heteroatoms. The van der Waals surface area contributed by atoms with E-state index in [1.165, 1.54) is 6.08 Å². The highest BCUT2D eigenvalue weighted by atomic mass is 16.5. The third-order valence-electron chi connectivity index (χ3n) is 3.28. The average Bonchev–Trinajstić information content (AvgIpc) is 2.99. The number of esters is 1. The zero-order valence-electron chi connectivity index (χ0n) is 13.9. The summed E-state index contributed by atoms with van der Waals surface area (Å²) in [6.07, 6.45) is 4.82. The zero-order chi connectivity index (χ0) is 17.4. The van der Waals surface area contributed by atoms with Gasteiger partial charge in [0.15, 0.2) is 0 Å². The fraction of sp³-hybridized carbons (Fsp3) is 0.263. The number of anilines is 1. The number of carbonyl (C=O) groups is 2. The fourth-order valence-corrected chi connectivity index (χ4v) is 1.97. The van der Waals surface area contributed by atoms with Crippen LogP contribution in [0.5, 0.6) is 0 Å². The number of furan rings is 1. The second-order valence-electron chi connectivity index (χ2n) is 5.34. The van der Waals surface area contributed by atoms with Crippen LogP contribution < -0.4 is 5.32 Å². The second kappa shape index (κ2) is 8.72. The van der Waals surface area contributed by atoms with Crippen molar-refractivity contribution >= 4 is 23.6 Å². The van der Waals surface area contributed by atoms with E-state index < -0.39 is 0 Å². The van der Waals surface area contributed by atoms with Crippen molar-refractivity contribution in [3.8, 4) is 0 Å². The van der Waals surface area contributed by atoms with Crippen molar-refractivity contribution in [2.24, 2.45) is 0 Å². The molecule has 1 aromatic carbocycles. The second-order valence-corrected chi connectivity index (χ2v) is 5.34. The first-order valence-corrected chi connectivity index (χ1v) is 7.91. The Bertz CT molecular complexity index is 713. The van der Waals surface area contributed by atoms with Gasteiger partial charge in [0.2, 0.25) is 5.91 Å². The number of carbonyl (C=O) groups excluding carboxylic acids is 2. The molecule has 0 unspecified atom stereocenters. The van der Waals surface area contributed by atoms with Crippen molar-refractivity contribution in [1.82, 2.24) is 0 Å². The Kier molecular flexibility index (Phi) is 6.37. The van der Waals surface area contributed by atoms with Crippen LogP contribution in [0.1, 0.15) is 41.6 Å². The van der Waals surface area contributed by atoms with Crippen LogP contribution in [-0.2, 0) is 9.53 Å². The smallest absolute Gasteiger partial charge is 0.338 e. The quantitative estimate of drug-likeness (QED) is 0.470. The van der Waals surface area contributed by atoms with Crippen molar-refractivity contribution in [3.05, 3.63) is 59.6 Å². The Balaban J connectivity index is 1.87. The Hall–Kier alpha value is -2.82. The van der Waals surface area contributed by atoms with E-state index in [2.05, 4.69) is 5.32 Å². The highest BCUT2D eigenvalue weighted by Crippen LogP contribution is 2.12. The molecule has 24 heavy (non-hydrogen) atoms. The number of ether oxygens (including phenoxy) is 1. The number of hydrogen-bond acceptors (Lipinski definition) is 4. The van der Waals surface area contributed by atoms with Crippen molar-refractivity contribution in [1.29, 1.82) is 0 Å². The predicted molar refractivity (Wildman–Crippen MR) is 92.7 cm³/mol. The lowest BCUT2D eigenvalue weighted by Crippen LogP contribution is -2.09. The standard InChI is InChI=1S/C19H21NO4/c1-3-4-13-23-19(22)15-6-8-16(9-7-15)20-18(21)12-11-17-10-5-14(2)24-17/h5-12H,3-4,13H2,1-2H3,(H,20,21)/b12-11+. The molecule has 2 rings (SSSR count). The zero-order valence-corrected chi connectivity index (χ0v) is 13.9. The van der Waals surface area contributed by atoms with E-state index in [0.29, 0.717) is 23.6 Å². The van der Waals surface area contributed by atoms with Gasteiger partial charge in [0.25, 0.3) is 0 Å². The van der Waals surface area contributed by atoms with Gasteiger partial charge in [0.1, 0.15) is 11.5 Å². The summed E-state index contributed by atoms with van der Waals surface area (Å²) in [6, 6.07) is 10.2. The molecular formula is C19H21NO4. The van der Waals surface area contributed by atoms with Gasteiger partial charge in [-0.3, -0.25) is 4.79 Å². The van der Waals surface area contributed by atoms with E-state index in [4.69, 9.17) is 9.15 Å². The molecular weight excluding hydrogens is 306 g/mol. The van der Waals surface area contributed by atoms with Crippen molar-refractivity contribution in [3.63, 3.8) is 0 Å². The van der Waals surface area contributed by atoms with Crippen LogP contribution in [0.2, 0.25) is 0 Å². The lowest BCUT2D eigenvalue weighted by Gasteiger charge is -2.05. The van der Waals surface area contributed by atoms with Gasteiger partial charge in [-0.1, -0.05) is 13.3 Å². The normalized spacial score (nSPS) is 10.8. The predicted octanol–water partition coefficient (Wildman–Crippen LogP) is 4.20. The summed E-state index contributed by atoms with van der Waals surface area (Å²) in [5, 5.41) is 2.72. The van der Waals surface area contributed by atoms with Crippen LogP contribution in [0, 0.1) is 6.92 Å². The number of amides is 1. The summed E-state index contributed by atoms with van der Waals surface area (Å²) in [5.74, 6) is 0.779. The molecule has 1 amide bonds. The van der Waals surface area contributed by atoms with Crippen LogP contribution in [0.15, 0.2) is 46.9 Å². The lowest BCUT2D eigenvalue weighted by molar-refractivity contribution is -0.111. The van der Waals surface area contributed by atoms with Gasteiger partial charge in [-0.15, -0.1) is 0 Å². The molecule has 1 N–H and O–H groups in total. The van der Waals surface area contributed by atoms with Crippen LogP contribution in [-0.4, -0.2) is 18.5 Å². The van der Waals surface area contributed by atoms with Gasteiger partial charge >= 0.3 is 5.97 Å². The van der Waals surface area contributed by atoms with E-state index in [9.17, 15) is 9.59 Å². The average molecular weight is 327 g/mol. The van der Waals surface area contributed by atoms with E-state index in [1.54, 1.807) is 36.4 Å². The number of benzene rings is 1. The number of nitrogens with one attached hydrogen (secondary N) is 1. The molecule has 0 radical (unpaired) electrons. The topological polar surface area (TPSA) is 68.5 Å². The maximum absolute atomic E-state index is 11.9. The molecule has 2 aromatic rings. The first-order valence-electron chi connectivity index (χ1n) is 7.91. The fourth-order valence-electron chi connectivity index (χ4n) is 1.97. The number of aryl methyl sites for hydroxylation is 1. The molecule has 0 saturated carbocycles. The largest absolute Gasteiger partial charge is 0.462 e. The van der Waals surface area contributed by atoms with E-state index >= 15 is 0 Å². The van der Waals surface area contributed by atoms with Crippen LogP contribution >= 0.6 is 0 Å². The van der Waals surface area contributed by atoms with E-state index in [-0.39, 0.29) is 11.9 Å². The highest BCUT2D eigenvalue weighted by molar-refractivity contribution is 6.02. The maximum Gasteiger partial charge on any atom is 0.338 e. The molecule has 1 heterocycles. The lowest BCUT2D eigenvalue weighted by atomic mass is 10.2. The van der Waals surface area contributed by atoms with Crippen molar-refractivity contribution in [2.45, 2.75) is 26.7 Å². The Morgan fingerprint density at radius 1 is 1.17 bits per heavy atom. The third kappa shape index (κ3) is 5.43. The first kappa shape index (κ1) is 17.5. The molecule has 0 atom stereocenters. The van der Waals surface area contributed by atoms with Crippen LogP contribution in [0.4, 0.5) is 5.69 Å². The summed E-state index contributed by atoms with van der Waals surface area (Å²) in [4.78, 5) is 23.6. The molecule has 0 bridgehead atoms. The van der Waals surface area contributed by atoms with E-state index in [1.807, 2.05) is 19.9 Å². The van der Waals surface area contributed by atoms with Crippen molar-refractivity contribution in [2.75, 3.05) is 11.9 Å². The Labute approximate surface area is 141 Å². The Morgan fingerprint density at radius 2 is 1.92 bits per heavy atom. The number of hydrogen-bond donors (Lipinski definition) is 1. The molecule has 0 aliphatic heterocycles. The monoisotopic (exact) mass is 327 g/mol. The van der Waals surface area contributed by atoms with Crippen molar-refractivity contribution < 1.29 is 18.7 Å². The van der Waals surface area contributed by atoms with Gasteiger partial charge in [0, 0.05) is 11.8 Å². The summed E-state index contributed by atoms with van der Waals surface area (Å²) in [6.45, 7) is 4.30. The molecule has 0 fully saturated rings. The summed E-state index contributed by atoms with van der Waals surface area (Å²) in [5.41, 5.74) is 1.07. The van der Waals surface area contributed by atoms with E-state index in [0.717, 1.165) is 18.6 Å². The molecule has 0 aliphatic carbocycles. The minimum absolute atomic E-state index is 0.276. The molecule has 5 nitrogen and oxygen atoms in total. The summed E-state index contributed by atoms with van der Waals surface area (Å²) < 4.78 is 10.5. The minimum atomic E-state index is -0.352. The summed E-state index contributed by atoms with van der Waals surface area (Å²) in [7, 11) is 0. The third-order valence-corrected chi connectivity index (χ3v) is 3.28. The van der Waals surface area contributed by atoms with Gasteiger partial charge in [-0.2, -0.15) is 0 Å². The van der Waals surface area contributed by atoms with Crippen LogP contribution in [0.3, 0.4) is 0 Å². The molecule has 0 spiro atoms. The Morgan fingerprint density at radius 3 is 2.54 bits per heavy atom. The van der Waals surface area contributed by atoms with Gasteiger partial charge in [-0.25, -0.2) is 4.79 Å². The molecule has 0 saturated heterocycles.